The molecule has 0 bridgehead atoms. The average molecular weight is 363 g/mol. The van der Waals surface area contributed by atoms with Gasteiger partial charge in [0.25, 0.3) is 0 Å². The molecule has 0 unspecified atom stereocenters. The molecule has 1 aromatic carbocycles. The Morgan fingerprint density at radius 3 is 2.62 bits per heavy atom. The van der Waals surface area contributed by atoms with Gasteiger partial charge in [-0.2, -0.15) is 14.9 Å². The molecule has 3 N–H and O–H groups in total. The van der Waals surface area contributed by atoms with Crippen molar-refractivity contribution in [1.82, 2.24) is 20.0 Å². The summed E-state index contributed by atoms with van der Waals surface area (Å²) in [5.74, 6) is -1.30. The molecule has 2 aromatic heterocycles. The minimum absolute atomic E-state index is 0.0554. The van der Waals surface area contributed by atoms with Crippen LogP contribution in [0.1, 0.15) is 21.7 Å². The summed E-state index contributed by atoms with van der Waals surface area (Å²) in [6.07, 6.45) is -4.38. The summed E-state index contributed by atoms with van der Waals surface area (Å²) in [6.45, 7) is 0. The number of fused-ring (bicyclic) bond motifs is 3. The lowest BCUT2D eigenvalue weighted by atomic mass is 9.93. The molecule has 10 heteroatoms. The second kappa shape index (κ2) is 5.61. The molecule has 0 saturated heterocycles. The smallest absolute Gasteiger partial charge is 0.476 e. The third-order valence-electron chi connectivity index (χ3n) is 4.17. The first kappa shape index (κ1) is 16.2. The molecule has 1 aliphatic rings. The van der Waals surface area contributed by atoms with Gasteiger partial charge in [0, 0.05) is 16.9 Å². The number of nitrogens with one attached hydrogen (secondary N) is 2. The molecule has 1 aliphatic carbocycles. The molecule has 0 saturated carbocycles. The van der Waals surface area contributed by atoms with Gasteiger partial charge in [0.05, 0.1) is 11.3 Å². The van der Waals surface area contributed by atoms with E-state index in [-0.39, 0.29) is 33.7 Å². The minimum atomic E-state index is -4.85. The number of hydrogen-bond acceptors (Lipinski definition) is 4. The van der Waals surface area contributed by atoms with Gasteiger partial charge >= 0.3 is 12.3 Å². The first-order valence-electron chi connectivity index (χ1n) is 7.68. The van der Waals surface area contributed by atoms with E-state index in [0.29, 0.717) is 17.8 Å². The van der Waals surface area contributed by atoms with Crippen molar-refractivity contribution in [3.05, 3.63) is 47.3 Å². The van der Waals surface area contributed by atoms with Crippen LogP contribution in [0.3, 0.4) is 0 Å². The first-order chi connectivity index (χ1) is 12.4. The van der Waals surface area contributed by atoms with E-state index in [0.717, 1.165) is 0 Å². The Morgan fingerprint density at radius 2 is 1.96 bits per heavy atom. The minimum Gasteiger partial charge on any atom is -0.476 e. The van der Waals surface area contributed by atoms with Gasteiger partial charge in [-0.15, -0.1) is 13.2 Å². The molecule has 2 heterocycles. The summed E-state index contributed by atoms with van der Waals surface area (Å²) in [5.41, 5.74) is 0.508. The predicted molar refractivity (Wildman–Crippen MR) is 85.2 cm³/mol. The molecule has 26 heavy (non-hydrogen) atoms. The summed E-state index contributed by atoms with van der Waals surface area (Å²) >= 11 is 0. The standard InChI is InChI=1S/C16H12F3N5O2/c17-16(18,19)24-13-9(12(23-24)15(25)26)6-7-10-11(13)14(22-21-10)20-8-4-2-1-3-5-8/h1-5H,6-7H2,(H,25,26)(H2,20,21,22). The van der Waals surface area contributed by atoms with Crippen LogP contribution in [-0.4, -0.2) is 31.1 Å². The maximum atomic E-state index is 13.5. The van der Waals surface area contributed by atoms with E-state index in [2.05, 4.69) is 20.6 Å². The van der Waals surface area contributed by atoms with E-state index >= 15 is 0 Å². The fourth-order valence-electron chi connectivity index (χ4n) is 3.11. The van der Waals surface area contributed by atoms with Gasteiger partial charge < -0.3 is 10.4 Å². The largest absolute Gasteiger partial charge is 0.505 e. The van der Waals surface area contributed by atoms with Crippen molar-refractivity contribution in [2.75, 3.05) is 5.32 Å². The van der Waals surface area contributed by atoms with Crippen LogP contribution < -0.4 is 5.32 Å². The van der Waals surface area contributed by atoms with Crippen LogP contribution in [0, 0.1) is 0 Å². The quantitative estimate of drug-likeness (QED) is 0.664. The molecule has 0 amide bonds. The molecular formula is C16H12F3N5O2. The lowest BCUT2D eigenvalue weighted by Crippen LogP contribution is -2.21. The summed E-state index contributed by atoms with van der Waals surface area (Å²) in [4.78, 5) is 11.4. The number of anilines is 2. The highest BCUT2D eigenvalue weighted by Crippen LogP contribution is 2.42. The third-order valence-corrected chi connectivity index (χ3v) is 4.17. The van der Waals surface area contributed by atoms with E-state index < -0.39 is 18.0 Å². The number of para-hydroxylation sites is 1. The average Bonchev–Trinajstić information content (AvgIpc) is 3.16. The Bertz CT molecular complexity index is 991. The highest BCUT2D eigenvalue weighted by molar-refractivity contribution is 5.92. The molecule has 0 radical (unpaired) electrons. The Kier molecular flexibility index (Phi) is 3.49. The maximum absolute atomic E-state index is 13.5. The van der Waals surface area contributed by atoms with Gasteiger partial charge in [-0.3, -0.25) is 5.10 Å². The molecule has 0 atom stereocenters. The number of carboxylic acids is 1. The molecule has 0 fully saturated rings. The number of carboxylic acid groups (broad SMARTS) is 1. The number of aromatic carboxylic acids is 1. The summed E-state index contributed by atoms with van der Waals surface area (Å²) in [5, 5.41) is 22.3. The van der Waals surface area contributed by atoms with Crippen molar-refractivity contribution < 1.29 is 23.1 Å². The molecule has 134 valence electrons. The number of rotatable bonds is 3. The Labute approximate surface area is 144 Å². The van der Waals surface area contributed by atoms with Gasteiger partial charge in [-0.05, 0) is 25.0 Å². The van der Waals surface area contributed by atoms with Gasteiger partial charge in [-0.25, -0.2) is 4.79 Å². The van der Waals surface area contributed by atoms with E-state index in [4.69, 9.17) is 0 Å². The zero-order valence-electron chi connectivity index (χ0n) is 13.1. The molecule has 4 rings (SSSR count). The van der Waals surface area contributed by atoms with E-state index in [1.807, 2.05) is 0 Å². The zero-order valence-corrected chi connectivity index (χ0v) is 13.1. The van der Waals surface area contributed by atoms with E-state index in [1.54, 1.807) is 30.3 Å². The number of nitrogens with zero attached hydrogens (tertiary/aromatic N) is 3. The number of hydrogen-bond donors (Lipinski definition) is 3. The van der Waals surface area contributed by atoms with E-state index in [9.17, 15) is 23.1 Å². The van der Waals surface area contributed by atoms with Crippen molar-refractivity contribution in [3.8, 4) is 11.3 Å². The number of H-pyrrole nitrogens is 1. The van der Waals surface area contributed by atoms with Crippen molar-refractivity contribution in [1.29, 1.82) is 0 Å². The lowest BCUT2D eigenvalue weighted by molar-refractivity contribution is -0.211. The van der Waals surface area contributed by atoms with Gasteiger partial charge in [0.2, 0.25) is 0 Å². The van der Waals surface area contributed by atoms with E-state index in [1.165, 1.54) is 0 Å². The van der Waals surface area contributed by atoms with Crippen LogP contribution in [0.2, 0.25) is 0 Å². The van der Waals surface area contributed by atoms with Crippen molar-refractivity contribution in [2.45, 2.75) is 19.1 Å². The predicted octanol–water partition coefficient (Wildman–Crippen LogP) is 3.29. The summed E-state index contributed by atoms with van der Waals surface area (Å²) in [6, 6.07) is 8.84. The normalized spacial score (nSPS) is 13.2. The number of alkyl halides is 3. The maximum Gasteiger partial charge on any atom is 0.505 e. The molecule has 0 spiro atoms. The Hall–Kier alpha value is -3.30. The first-order valence-corrected chi connectivity index (χ1v) is 7.68. The highest BCUT2D eigenvalue weighted by Gasteiger charge is 2.41. The summed E-state index contributed by atoms with van der Waals surface area (Å²) < 4.78 is 40.2. The second-order valence-corrected chi connectivity index (χ2v) is 5.78. The Morgan fingerprint density at radius 1 is 1.23 bits per heavy atom. The van der Waals surface area contributed by atoms with Gasteiger partial charge in [-0.1, -0.05) is 18.2 Å². The number of halogens is 3. The zero-order chi connectivity index (χ0) is 18.5. The van der Waals surface area contributed by atoms with Crippen molar-refractivity contribution in [2.24, 2.45) is 0 Å². The summed E-state index contributed by atoms with van der Waals surface area (Å²) in [7, 11) is 0. The van der Waals surface area contributed by atoms with Crippen LogP contribution in [-0.2, 0) is 19.1 Å². The third kappa shape index (κ3) is 2.50. The number of aromatic amines is 1. The van der Waals surface area contributed by atoms with Crippen LogP contribution in [0.5, 0.6) is 0 Å². The molecular weight excluding hydrogens is 351 g/mol. The fraction of sp³-hybridized carbons (Fsp3) is 0.188. The topological polar surface area (TPSA) is 95.8 Å². The molecule has 3 aromatic rings. The van der Waals surface area contributed by atoms with Gasteiger partial charge in [0.15, 0.2) is 11.5 Å². The number of aromatic nitrogens is 4. The number of benzene rings is 1. The van der Waals surface area contributed by atoms with Gasteiger partial charge in [0.1, 0.15) is 0 Å². The SMILES string of the molecule is O=C(O)c1nn(C(F)(F)F)c2c1CCc1[nH]nc(Nc3ccccc3)c1-2. The monoisotopic (exact) mass is 363 g/mol. The Balaban J connectivity index is 1.91. The van der Waals surface area contributed by atoms with Crippen molar-refractivity contribution in [3.63, 3.8) is 0 Å². The second-order valence-electron chi connectivity index (χ2n) is 5.78. The molecule has 7 nitrogen and oxygen atoms in total. The fourth-order valence-corrected chi connectivity index (χ4v) is 3.11. The molecule has 0 aliphatic heterocycles. The lowest BCUT2D eigenvalue weighted by Gasteiger charge is -2.17. The van der Waals surface area contributed by atoms with Crippen LogP contribution in [0.4, 0.5) is 24.7 Å². The van der Waals surface area contributed by atoms with Crippen LogP contribution in [0.15, 0.2) is 30.3 Å². The highest BCUT2D eigenvalue weighted by atomic mass is 19.4. The van der Waals surface area contributed by atoms with Crippen molar-refractivity contribution >= 4 is 17.5 Å². The van der Waals surface area contributed by atoms with Crippen LogP contribution >= 0.6 is 0 Å². The van der Waals surface area contributed by atoms with Crippen LogP contribution in [0.25, 0.3) is 11.3 Å². The number of aryl methyl sites for hydroxylation is 1. The number of carbonyl (C=O) groups is 1.